The number of nitrogens with one attached hydrogen (secondary N) is 1. The Morgan fingerprint density at radius 2 is 2.18 bits per heavy atom. The van der Waals surface area contributed by atoms with Gasteiger partial charge in [-0.1, -0.05) is 19.9 Å². The molecule has 3 unspecified atom stereocenters. The lowest BCUT2D eigenvalue weighted by molar-refractivity contribution is 0.453. The molecule has 1 fully saturated rings. The van der Waals surface area contributed by atoms with Gasteiger partial charge in [-0.15, -0.1) is 0 Å². The van der Waals surface area contributed by atoms with E-state index in [1.54, 1.807) is 12.1 Å². The first-order valence-corrected chi connectivity index (χ1v) is 6.60. The molecular formula is C15H22FN. The third-order valence-electron chi connectivity index (χ3n) is 3.90. The van der Waals surface area contributed by atoms with Crippen molar-refractivity contribution in [3.8, 4) is 0 Å². The number of aryl methyl sites for hydroxylation is 1. The van der Waals surface area contributed by atoms with Crippen LogP contribution in [0, 0.1) is 24.6 Å². The van der Waals surface area contributed by atoms with Crippen LogP contribution in [0.2, 0.25) is 0 Å². The Hall–Kier alpha value is -0.890. The molecule has 0 aromatic heterocycles. The number of hydrogen-bond donors (Lipinski definition) is 1. The molecule has 1 aliphatic rings. The Kier molecular flexibility index (Phi) is 3.82. The van der Waals surface area contributed by atoms with E-state index in [1.165, 1.54) is 12.0 Å². The zero-order valence-corrected chi connectivity index (χ0v) is 11.0. The van der Waals surface area contributed by atoms with Gasteiger partial charge in [-0.2, -0.15) is 0 Å². The van der Waals surface area contributed by atoms with Gasteiger partial charge in [0.05, 0.1) is 0 Å². The summed E-state index contributed by atoms with van der Waals surface area (Å²) in [5, 5.41) is 3.57. The summed E-state index contributed by atoms with van der Waals surface area (Å²) in [5.74, 6) is 1.52. The maximum Gasteiger partial charge on any atom is 0.123 e. The minimum absolute atomic E-state index is 0.133. The van der Waals surface area contributed by atoms with E-state index in [4.69, 9.17) is 0 Å². The van der Waals surface area contributed by atoms with Crippen molar-refractivity contribution < 1.29 is 4.39 Å². The maximum atomic E-state index is 13.1. The van der Waals surface area contributed by atoms with Gasteiger partial charge in [0.2, 0.25) is 0 Å². The fraction of sp³-hybridized carbons (Fsp3) is 0.600. The van der Waals surface area contributed by atoms with Crippen LogP contribution in [0.5, 0.6) is 0 Å². The SMILES string of the molecule is CCNC(Cc1ccc(F)cc1C)C1CC1C. The van der Waals surface area contributed by atoms with Crippen LogP contribution in [0.3, 0.4) is 0 Å². The number of benzene rings is 1. The minimum Gasteiger partial charge on any atom is -0.314 e. The molecule has 1 aromatic rings. The average molecular weight is 235 g/mol. The predicted molar refractivity (Wildman–Crippen MR) is 69.6 cm³/mol. The van der Waals surface area contributed by atoms with Gasteiger partial charge in [0.25, 0.3) is 0 Å². The summed E-state index contributed by atoms with van der Waals surface area (Å²) in [6.45, 7) is 7.47. The van der Waals surface area contributed by atoms with Gasteiger partial charge in [-0.25, -0.2) is 4.39 Å². The highest BCUT2D eigenvalue weighted by molar-refractivity contribution is 5.27. The zero-order chi connectivity index (χ0) is 12.4. The van der Waals surface area contributed by atoms with Crippen molar-refractivity contribution in [3.05, 3.63) is 35.1 Å². The van der Waals surface area contributed by atoms with Crippen LogP contribution in [0.15, 0.2) is 18.2 Å². The average Bonchev–Trinajstić information content (AvgIpc) is 2.98. The van der Waals surface area contributed by atoms with Gasteiger partial charge in [0.1, 0.15) is 5.82 Å². The first-order chi connectivity index (χ1) is 8.11. The Morgan fingerprint density at radius 1 is 1.47 bits per heavy atom. The predicted octanol–water partition coefficient (Wildman–Crippen LogP) is 3.31. The van der Waals surface area contributed by atoms with Crippen LogP contribution in [-0.4, -0.2) is 12.6 Å². The fourth-order valence-corrected chi connectivity index (χ4v) is 2.67. The molecular weight excluding hydrogens is 213 g/mol. The third-order valence-corrected chi connectivity index (χ3v) is 3.90. The Labute approximate surface area is 103 Å². The normalized spacial score (nSPS) is 24.7. The van der Waals surface area contributed by atoms with Crippen molar-refractivity contribution in [2.45, 2.75) is 39.7 Å². The van der Waals surface area contributed by atoms with E-state index >= 15 is 0 Å². The van der Waals surface area contributed by atoms with Crippen LogP contribution >= 0.6 is 0 Å². The topological polar surface area (TPSA) is 12.0 Å². The van der Waals surface area contributed by atoms with Crippen molar-refractivity contribution in [2.24, 2.45) is 11.8 Å². The third kappa shape index (κ3) is 3.06. The molecule has 17 heavy (non-hydrogen) atoms. The summed E-state index contributed by atoms with van der Waals surface area (Å²) < 4.78 is 13.1. The van der Waals surface area contributed by atoms with Crippen molar-refractivity contribution in [3.63, 3.8) is 0 Å². The molecule has 0 saturated heterocycles. The van der Waals surface area contributed by atoms with E-state index in [2.05, 4.69) is 19.2 Å². The molecule has 1 nitrogen and oxygen atoms in total. The first kappa shape index (κ1) is 12.6. The molecule has 0 spiro atoms. The molecule has 1 aliphatic carbocycles. The number of likely N-dealkylation sites (N-methyl/N-ethyl adjacent to an activating group) is 1. The zero-order valence-electron chi connectivity index (χ0n) is 11.0. The summed E-state index contributed by atoms with van der Waals surface area (Å²) in [4.78, 5) is 0. The Bertz CT molecular complexity index is 389. The molecule has 1 aromatic carbocycles. The van der Waals surface area contributed by atoms with Crippen LogP contribution in [0.4, 0.5) is 4.39 Å². The number of halogens is 1. The highest BCUT2D eigenvalue weighted by Crippen LogP contribution is 2.41. The second-order valence-corrected chi connectivity index (χ2v) is 5.32. The Morgan fingerprint density at radius 3 is 2.71 bits per heavy atom. The van der Waals surface area contributed by atoms with Crippen molar-refractivity contribution >= 4 is 0 Å². The van der Waals surface area contributed by atoms with Gasteiger partial charge in [-0.3, -0.25) is 0 Å². The van der Waals surface area contributed by atoms with Gasteiger partial charge in [0.15, 0.2) is 0 Å². The summed E-state index contributed by atoms with van der Waals surface area (Å²) in [6.07, 6.45) is 2.35. The lowest BCUT2D eigenvalue weighted by atomic mass is 9.97. The smallest absolute Gasteiger partial charge is 0.123 e. The summed E-state index contributed by atoms with van der Waals surface area (Å²) in [5.41, 5.74) is 2.35. The number of hydrogen-bond acceptors (Lipinski definition) is 1. The molecule has 0 heterocycles. The number of rotatable bonds is 5. The van der Waals surface area contributed by atoms with E-state index in [0.29, 0.717) is 6.04 Å². The van der Waals surface area contributed by atoms with Crippen molar-refractivity contribution in [1.82, 2.24) is 5.32 Å². The second kappa shape index (κ2) is 5.18. The van der Waals surface area contributed by atoms with Crippen LogP contribution in [0.25, 0.3) is 0 Å². The molecule has 1 N–H and O–H groups in total. The first-order valence-electron chi connectivity index (χ1n) is 6.60. The molecule has 2 rings (SSSR count). The van der Waals surface area contributed by atoms with Gasteiger partial charge >= 0.3 is 0 Å². The highest BCUT2D eigenvalue weighted by Gasteiger charge is 2.38. The summed E-state index contributed by atoms with van der Waals surface area (Å²) >= 11 is 0. The lowest BCUT2D eigenvalue weighted by Crippen LogP contribution is -2.33. The summed E-state index contributed by atoms with van der Waals surface area (Å²) in [6, 6.07) is 5.69. The van der Waals surface area contributed by atoms with Gasteiger partial charge in [-0.05, 0) is 61.4 Å². The molecule has 3 atom stereocenters. The largest absolute Gasteiger partial charge is 0.314 e. The molecule has 2 heteroatoms. The Balaban J connectivity index is 2.06. The van der Waals surface area contributed by atoms with E-state index < -0.39 is 0 Å². The second-order valence-electron chi connectivity index (χ2n) is 5.32. The standard InChI is InChI=1S/C15H22FN/c1-4-17-15(14-8-11(14)3)9-12-5-6-13(16)7-10(12)2/h5-7,11,14-15,17H,4,8-9H2,1-3H3. The highest BCUT2D eigenvalue weighted by atomic mass is 19.1. The lowest BCUT2D eigenvalue weighted by Gasteiger charge is -2.19. The van der Waals surface area contributed by atoms with E-state index in [1.807, 2.05) is 13.0 Å². The molecule has 0 aliphatic heterocycles. The molecule has 94 valence electrons. The van der Waals surface area contributed by atoms with Crippen LogP contribution in [-0.2, 0) is 6.42 Å². The van der Waals surface area contributed by atoms with Crippen molar-refractivity contribution in [2.75, 3.05) is 6.54 Å². The molecule has 0 bridgehead atoms. The molecule has 1 saturated carbocycles. The summed E-state index contributed by atoms with van der Waals surface area (Å²) in [7, 11) is 0. The van der Waals surface area contributed by atoms with E-state index in [-0.39, 0.29) is 5.82 Å². The minimum atomic E-state index is -0.133. The fourth-order valence-electron chi connectivity index (χ4n) is 2.67. The van der Waals surface area contributed by atoms with Crippen LogP contribution in [0.1, 0.15) is 31.4 Å². The van der Waals surface area contributed by atoms with Gasteiger partial charge in [0, 0.05) is 6.04 Å². The quantitative estimate of drug-likeness (QED) is 0.825. The molecule has 0 amide bonds. The van der Waals surface area contributed by atoms with Gasteiger partial charge < -0.3 is 5.32 Å². The monoisotopic (exact) mass is 235 g/mol. The van der Waals surface area contributed by atoms with Crippen molar-refractivity contribution in [1.29, 1.82) is 0 Å². The molecule has 0 radical (unpaired) electrons. The van der Waals surface area contributed by atoms with Crippen LogP contribution < -0.4 is 5.32 Å². The van der Waals surface area contributed by atoms with E-state index in [0.717, 1.165) is 30.4 Å². The van der Waals surface area contributed by atoms with E-state index in [9.17, 15) is 4.39 Å². The maximum absolute atomic E-state index is 13.1.